The Labute approximate surface area is 119 Å². The molecule has 0 bridgehead atoms. The number of rotatable bonds is 7. The molecule has 108 valence electrons. The molecular weight excluding hydrogens is 266 g/mol. The fourth-order valence-corrected chi connectivity index (χ4v) is 2.07. The van der Waals surface area contributed by atoms with E-state index in [1.165, 1.54) is 0 Å². The first kappa shape index (κ1) is 16.1. The fourth-order valence-electron chi connectivity index (χ4n) is 1.89. The lowest BCUT2D eigenvalue weighted by atomic mass is 10.1. The zero-order valence-corrected chi connectivity index (χ0v) is 13.0. The molecule has 1 aromatic heterocycles. The van der Waals surface area contributed by atoms with Crippen molar-refractivity contribution < 1.29 is 9.47 Å². The van der Waals surface area contributed by atoms with Crippen LogP contribution in [0.3, 0.4) is 0 Å². The Balaban J connectivity index is 3.06. The van der Waals surface area contributed by atoms with Gasteiger partial charge in [-0.15, -0.1) is 10.2 Å². The Hall–Kier alpha value is -0.910. The summed E-state index contributed by atoms with van der Waals surface area (Å²) in [6, 6.07) is 0.189. The molecule has 0 aliphatic rings. The van der Waals surface area contributed by atoms with Crippen molar-refractivity contribution in [2.45, 2.75) is 26.8 Å². The van der Waals surface area contributed by atoms with E-state index in [-0.39, 0.29) is 6.04 Å². The van der Waals surface area contributed by atoms with Crippen LogP contribution in [0.15, 0.2) is 0 Å². The average Bonchev–Trinajstić information content (AvgIpc) is 2.39. The first-order valence-corrected chi connectivity index (χ1v) is 6.64. The normalized spacial score (nSPS) is 12.5. The second-order valence-corrected chi connectivity index (χ2v) is 4.91. The van der Waals surface area contributed by atoms with E-state index < -0.39 is 0 Å². The summed E-state index contributed by atoms with van der Waals surface area (Å²) in [5, 5.41) is 8.68. The van der Waals surface area contributed by atoms with Crippen molar-refractivity contribution in [1.29, 1.82) is 0 Å². The Morgan fingerprint density at radius 2 is 1.84 bits per heavy atom. The van der Waals surface area contributed by atoms with Gasteiger partial charge in [-0.3, -0.25) is 0 Å². The number of hydrogen-bond acceptors (Lipinski definition) is 5. The van der Waals surface area contributed by atoms with Gasteiger partial charge in [-0.1, -0.05) is 11.6 Å². The lowest BCUT2D eigenvalue weighted by Gasteiger charge is -2.30. The van der Waals surface area contributed by atoms with Crippen LogP contribution in [0.1, 0.15) is 18.1 Å². The molecule has 0 aliphatic heterocycles. The lowest BCUT2D eigenvalue weighted by Crippen LogP contribution is -2.40. The van der Waals surface area contributed by atoms with E-state index in [0.717, 1.165) is 23.5 Å². The Morgan fingerprint density at radius 1 is 1.16 bits per heavy atom. The van der Waals surface area contributed by atoms with Gasteiger partial charge in [0.2, 0.25) is 0 Å². The maximum absolute atomic E-state index is 5.99. The Bertz CT molecular complexity index is 415. The van der Waals surface area contributed by atoms with E-state index in [0.29, 0.717) is 18.4 Å². The van der Waals surface area contributed by atoms with Crippen LogP contribution in [0.4, 0.5) is 5.82 Å². The van der Waals surface area contributed by atoms with Gasteiger partial charge in [0.15, 0.2) is 11.0 Å². The van der Waals surface area contributed by atoms with E-state index >= 15 is 0 Å². The molecule has 0 fully saturated rings. The lowest BCUT2D eigenvalue weighted by molar-refractivity contribution is 0.170. The van der Waals surface area contributed by atoms with Crippen LogP contribution < -0.4 is 4.90 Å². The van der Waals surface area contributed by atoms with Crippen LogP contribution in [-0.4, -0.2) is 50.2 Å². The molecule has 0 saturated heterocycles. The molecule has 5 nitrogen and oxygen atoms in total. The molecule has 0 N–H and O–H groups in total. The van der Waals surface area contributed by atoms with Crippen LogP contribution in [0.5, 0.6) is 0 Å². The summed E-state index contributed by atoms with van der Waals surface area (Å²) in [5.74, 6) is 0.837. The predicted octanol–water partition coefficient (Wildman–Crippen LogP) is 2.23. The number of methoxy groups -OCH3 is 2. The number of halogens is 1. The third-order valence-electron chi connectivity index (χ3n) is 3.19. The zero-order chi connectivity index (χ0) is 14.4. The summed E-state index contributed by atoms with van der Waals surface area (Å²) in [5.41, 5.74) is 2.00. The number of hydrogen-bond donors (Lipinski definition) is 0. The van der Waals surface area contributed by atoms with Crippen LogP contribution in [-0.2, 0) is 9.47 Å². The van der Waals surface area contributed by atoms with Gasteiger partial charge in [-0.05, 0) is 31.9 Å². The number of nitrogens with zero attached hydrogens (tertiary/aromatic N) is 3. The number of anilines is 1. The van der Waals surface area contributed by atoms with E-state index in [4.69, 9.17) is 21.1 Å². The summed E-state index contributed by atoms with van der Waals surface area (Å²) in [7, 11) is 3.38. The van der Waals surface area contributed by atoms with Gasteiger partial charge in [0, 0.05) is 20.8 Å². The van der Waals surface area contributed by atoms with E-state index in [1.807, 2.05) is 13.8 Å². The molecule has 0 amide bonds. The monoisotopic (exact) mass is 287 g/mol. The molecule has 0 aromatic carbocycles. The summed E-state index contributed by atoms with van der Waals surface area (Å²) < 4.78 is 10.4. The highest BCUT2D eigenvalue weighted by Gasteiger charge is 2.20. The largest absolute Gasteiger partial charge is 0.383 e. The van der Waals surface area contributed by atoms with Gasteiger partial charge in [0.05, 0.1) is 19.3 Å². The highest BCUT2D eigenvalue weighted by Crippen LogP contribution is 2.25. The zero-order valence-electron chi connectivity index (χ0n) is 12.2. The van der Waals surface area contributed by atoms with Crippen LogP contribution in [0.2, 0.25) is 5.15 Å². The topological polar surface area (TPSA) is 47.5 Å². The second-order valence-electron chi connectivity index (χ2n) is 4.55. The SMILES string of the molecule is COCCN(c1nnc(Cl)c(C)c1C)C(C)COC. The molecule has 1 unspecified atom stereocenters. The highest BCUT2D eigenvalue weighted by atomic mass is 35.5. The average molecular weight is 288 g/mol. The van der Waals surface area contributed by atoms with Crippen molar-refractivity contribution in [3.8, 4) is 0 Å². The van der Waals surface area contributed by atoms with Gasteiger partial charge >= 0.3 is 0 Å². The van der Waals surface area contributed by atoms with Crippen molar-refractivity contribution in [3.63, 3.8) is 0 Å². The van der Waals surface area contributed by atoms with Crippen LogP contribution in [0.25, 0.3) is 0 Å². The molecule has 19 heavy (non-hydrogen) atoms. The molecular formula is C13H22ClN3O2. The van der Waals surface area contributed by atoms with Gasteiger partial charge in [0.1, 0.15) is 0 Å². The van der Waals surface area contributed by atoms with E-state index in [1.54, 1.807) is 14.2 Å². The predicted molar refractivity (Wildman–Crippen MR) is 77.1 cm³/mol. The quantitative estimate of drug-likeness (QED) is 0.770. The van der Waals surface area contributed by atoms with Crippen molar-refractivity contribution in [2.75, 3.05) is 38.9 Å². The number of ether oxygens (including phenoxy) is 2. The van der Waals surface area contributed by atoms with Crippen molar-refractivity contribution in [2.24, 2.45) is 0 Å². The fraction of sp³-hybridized carbons (Fsp3) is 0.692. The Morgan fingerprint density at radius 3 is 2.42 bits per heavy atom. The molecule has 1 heterocycles. The minimum Gasteiger partial charge on any atom is -0.383 e. The first-order chi connectivity index (χ1) is 9.02. The Kier molecular flexibility index (Phi) is 6.48. The molecule has 6 heteroatoms. The van der Waals surface area contributed by atoms with Crippen LogP contribution >= 0.6 is 11.6 Å². The van der Waals surface area contributed by atoms with Crippen molar-refractivity contribution in [3.05, 3.63) is 16.3 Å². The molecule has 0 spiro atoms. The smallest absolute Gasteiger partial charge is 0.155 e. The third-order valence-corrected chi connectivity index (χ3v) is 3.55. The molecule has 1 atom stereocenters. The third kappa shape index (κ3) is 4.03. The minimum atomic E-state index is 0.189. The maximum Gasteiger partial charge on any atom is 0.155 e. The molecule has 0 saturated carbocycles. The molecule has 0 radical (unpaired) electrons. The molecule has 1 rings (SSSR count). The summed E-state index contributed by atoms with van der Waals surface area (Å²) >= 11 is 5.99. The van der Waals surface area contributed by atoms with Crippen molar-refractivity contribution in [1.82, 2.24) is 10.2 Å². The number of aromatic nitrogens is 2. The van der Waals surface area contributed by atoms with Gasteiger partial charge in [-0.2, -0.15) is 0 Å². The second kappa shape index (κ2) is 7.62. The van der Waals surface area contributed by atoms with E-state index in [2.05, 4.69) is 22.0 Å². The van der Waals surface area contributed by atoms with Gasteiger partial charge in [-0.25, -0.2) is 0 Å². The molecule has 1 aromatic rings. The highest BCUT2D eigenvalue weighted by molar-refractivity contribution is 6.30. The van der Waals surface area contributed by atoms with Gasteiger partial charge < -0.3 is 14.4 Å². The van der Waals surface area contributed by atoms with Gasteiger partial charge in [0.25, 0.3) is 0 Å². The van der Waals surface area contributed by atoms with Crippen molar-refractivity contribution >= 4 is 17.4 Å². The van der Waals surface area contributed by atoms with Crippen LogP contribution in [0, 0.1) is 13.8 Å². The minimum absolute atomic E-state index is 0.189. The first-order valence-electron chi connectivity index (χ1n) is 6.26. The van der Waals surface area contributed by atoms with E-state index in [9.17, 15) is 0 Å². The standard InChI is InChI=1S/C13H22ClN3O2/c1-9(8-19-5)17(6-7-18-4)13-11(3)10(2)12(14)15-16-13/h9H,6-8H2,1-5H3. The molecule has 0 aliphatic carbocycles. The maximum atomic E-state index is 5.99. The summed E-state index contributed by atoms with van der Waals surface area (Å²) in [6.07, 6.45) is 0. The summed E-state index contributed by atoms with van der Waals surface area (Å²) in [4.78, 5) is 2.14. The summed E-state index contributed by atoms with van der Waals surface area (Å²) in [6.45, 7) is 8.01.